The highest BCUT2D eigenvalue weighted by molar-refractivity contribution is 9.12. The predicted molar refractivity (Wildman–Crippen MR) is 158 cm³/mol. The molecule has 1 saturated carbocycles. The van der Waals surface area contributed by atoms with E-state index in [2.05, 4.69) is 31.9 Å². The van der Waals surface area contributed by atoms with Crippen LogP contribution in [0.15, 0.2) is 66.0 Å². The first kappa shape index (κ1) is 29.7. The number of alkyl halides is 2. The van der Waals surface area contributed by atoms with Crippen LogP contribution in [0.2, 0.25) is 0 Å². The van der Waals surface area contributed by atoms with E-state index in [-0.39, 0.29) is 32.2 Å². The molecule has 3 aromatic rings. The first-order valence-corrected chi connectivity index (χ1v) is 15.4. The molecule has 42 heavy (non-hydrogen) atoms. The summed E-state index contributed by atoms with van der Waals surface area (Å²) in [5, 5.41) is 14.4. The third-order valence-electron chi connectivity index (χ3n) is 7.09. The largest absolute Gasteiger partial charge is 0.422 e. The number of hydrogen-bond acceptors (Lipinski definition) is 9. The third-order valence-corrected chi connectivity index (χ3v) is 10.7. The number of hydrogen-bond donors (Lipinski definition) is 0. The number of carbonyl (C=O) groups is 5. The molecule has 216 valence electrons. The molecule has 2 aromatic carbocycles. The zero-order valence-corrected chi connectivity index (χ0v) is 25.5. The maximum atomic E-state index is 13.7. The topological polar surface area (TPSA) is 144 Å². The smallest absolute Gasteiger partial charge is 0.353 e. The van der Waals surface area contributed by atoms with Crippen molar-refractivity contribution in [3.63, 3.8) is 0 Å². The SMILES string of the molecule is O=C(CN(C(=O)c1ccc([N+](=O)[O-])cc1)N1C(=O)[C@H]2C[C@@H](Br)[C@@H](Br)C[C@H]2C1=O)c1ccc(OC(=O)c2cccs2)cc1. The van der Waals surface area contributed by atoms with E-state index in [0.29, 0.717) is 17.7 Å². The highest BCUT2D eigenvalue weighted by Gasteiger charge is 2.54. The molecule has 1 aliphatic heterocycles. The lowest BCUT2D eigenvalue weighted by molar-refractivity contribution is -0.384. The number of imide groups is 1. The molecular formula is C28H21Br2N3O8S. The van der Waals surface area contributed by atoms with E-state index in [4.69, 9.17) is 4.74 Å². The number of nitro benzene ring substituents is 1. The summed E-state index contributed by atoms with van der Waals surface area (Å²) in [5.74, 6) is -4.30. The number of ether oxygens (including phenoxy) is 1. The molecule has 0 unspecified atom stereocenters. The maximum Gasteiger partial charge on any atom is 0.353 e. The summed E-state index contributed by atoms with van der Waals surface area (Å²) >= 11 is 8.29. The Kier molecular flexibility index (Phi) is 8.66. The van der Waals surface area contributed by atoms with Gasteiger partial charge in [-0.25, -0.2) is 9.80 Å². The van der Waals surface area contributed by atoms with Crippen molar-refractivity contribution in [1.29, 1.82) is 0 Å². The van der Waals surface area contributed by atoms with Crippen molar-refractivity contribution in [2.75, 3.05) is 6.54 Å². The monoisotopic (exact) mass is 717 g/mol. The van der Waals surface area contributed by atoms with E-state index in [1.807, 2.05) is 0 Å². The molecule has 3 amide bonds. The second-order valence-corrected chi connectivity index (χ2v) is 13.0. The van der Waals surface area contributed by atoms with Gasteiger partial charge < -0.3 is 4.74 Å². The minimum atomic E-state index is -0.842. The van der Waals surface area contributed by atoms with Crippen LogP contribution >= 0.6 is 43.2 Å². The Morgan fingerprint density at radius 1 is 0.929 bits per heavy atom. The second kappa shape index (κ2) is 12.2. The van der Waals surface area contributed by atoms with Crippen LogP contribution in [0.3, 0.4) is 0 Å². The number of rotatable bonds is 8. The lowest BCUT2D eigenvalue weighted by atomic mass is 9.81. The van der Waals surface area contributed by atoms with Gasteiger partial charge >= 0.3 is 5.97 Å². The number of carbonyl (C=O) groups excluding carboxylic acids is 5. The molecule has 0 spiro atoms. The van der Waals surface area contributed by atoms with Gasteiger partial charge in [0.05, 0.1) is 16.8 Å². The molecule has 2 fully saturated rings. The van der Waals surface area contributed by atoms with Crippen LogP contribution < -0.4 is 4.74 Å². The lowest BCUT2D eigenvalue weighted by Crippen LogP contribution is -2.52. The van der Waals surface area contributed by atoms with Gasteiger partial charge in [-0.05, 0) is 60.7 Å². The Bertz CT molecular complexity index is 1530. The fourth-order valence-corrected chi connectivity index (χ4v) is 6.75. The summed E-state index contributed by atoms with van der Waals surface area (Å²) in [6, 6.07) is 13.7. The molecule has 0 bridgehead atoms. The predicted octanol–water partition coefficient (Wildman–Crippen LogP) is 5.04. The van der Waals surface area contributed by atoms with Gasteiger partial charge in [-0.2, -0.15) is 5.01 Å². The number of nitro groups is 1. The van der Waals surface area contributed by atoms with Gasteiger partial charge in [-0.3, -0.25) is 29.3 Å². The van der Waals surface area contributed by atoms with Gasteiger partial charge in [0, 0.05) is 32.9 Å². The van der Waals surface area contributed by atoms with E-state index in [9.17, 15) is 34.1 Å². The zero-order chi connectivity index (χ0) is 30.1. The van der Waals surface area contributed by atoms with Crippen LogP contribution in [-0.2, 0) is 9.59 Å². The molecule has 1 aliphatic carbocycles. The van der Waals surface area contributed by atoms with Crippen molar-refractivity contribution in [2.24, 2.45) is 11.8 Å². The highest BCUT2D eigenvalue weighted by atomic mass is 79.9. The molecular weight excluding hydrogens is 698 g/mol. The van der Waals surface area contributed by atoms with Crippen molar-refractivity contribution in [2.45, 2.75) is 22.5 Å². The van der Waals surface area contributed by atoms with E-state index >= 15 is 0 Å². The standard InChI is InChI=1S/C28H21Br2N3O8S/c29-21-12-19-20(13-22(21)30)27(37)32(26(19)36)31(25(35)16-3-7-17(8-4-16)33(39)40)14-23(34)15-5-9-18(10-6-15)41-28(38)24-2-1-11-42-24/h1-11,19-22H,12-14H2/t19-,20+,21+,22-. The van der Waals surface area contributed by atoms with E-state index in [1.165, 1.54) is 47.7 Å². The molecule has 2 heterocycles. The summed E-state index contributed by atoms with van der Waals surface area (Å²) in [7, 11) is 0. The molecule has 5 rings (SSSR count). The average Bonchev–Trinajstić information content (AvgIpc) is 3.60. The number of non-ortho nitro benzene ring substituents is 1. The fraction of sp³-hybridized carbons (Fsp3) is 0.250. The van der Waals surface area contributed by atoms with Crippen LogP contribution in [0.25, 0.3) is 0 Å². The summed E-state index contributed by atoms with van der Waals surface area (Å²) in [5.41, 5.74) is -0.151. The zero-order valence-electron chi connectivity index (χ0n) is 21.6. The van der Waals surface area contributed by atoms with Gasteiger partial charge in [-0.1, -0.05) is 37.9 Å². The Labute approximate surface area is 259 Å². The Hall–Kier alpha value is -3.75. The van der Waals surface area contributed by atoms with Crippen molar-refractivity contribution in [3.8, 4) is 5.75 Å². The molecule has 2 aliphatic rings. The number of benzene rings is 2. The van der Waals surface area contributed by atoms with Gasteiger partial charge in [0.15, 0.2) is 5.78 Å². The van der Waals surface area contributed by atoms with E-state index in [1.54, 1.807) is 17.5 Å². The van der Waals surface area contributed by atoms with Gasteiger partial charge in [0.1, 0.15) is 17.2 Å². The van der Waals surface area contributed by atoms with Crippen LogP contribution in [0, 0.1) is 22.0 Å². The van der Waals surface area contributed by atoms with Crippen molar-refractivity contribution >= 4 is 78.4 Å². The van der Waals surface area contributed by atoms with E-state index in [0.717, 1.165) is 22.2 Å². The van der Waals surface area contributed by atoms with E-state index < -0.39 is 52.8 Å². The van der Waals surface area contributed by atoms with Crippen LogP contribution in [-0.4, -0.2) is 60.6 Å². The first-order valence-electron chi connectivity index (χ1n) is 12.7. The van der Waals surface area contributed by atoms with Gasteiger partial charge in [-0.15, -0.1) is 11.3 Å². The molecule has 0 radical (unpaired) electrons. The summed E-state index contributed by atoms with van der Waals surface area (Å²) in [4.78, 5) is 77.1. The molecule has 0 N–H and O–H groups in total. The number of Topliss-reactive ketones (excluding diaryl/α,β-unsaturated/α-hetero) is 1. The van der Waals surface area contributed by atoms with Crippen LogP contribution in [0.5, 0.6) is 5.75 Å². The Balaban J connectivity index is 1.41. The number of nitrogens with zero attached hydrogens (tertiary/aromatic N) is 3. The molecule has 11 nitrogen and oxygen atoms in total. The number of fused-ring (bicyclic) bond motifs is 1. The van der Waals surface area contributed by atoms with Crippen LogP contribution in [0.4, 0.5) is 5.69 Å². The summed E-state index contributed by atoms with van der Waals surface area (Å²) in [6.07, 6.45) is 0.724. The fourth-order valence-electron chi connectivity index (χ4n) is 4.91. The number of halogens is 2. The number of ketones is 1. The van der Waals surface area contributed by atoms with Crippen molar-refractivity contribution in [1.82, 2.24) is 10.0 Å². The highest BCUT2D eigenvalue weighted by Crippen LogP contribution is 2.43. The normalized spacial score (nSPS) is 21.5. The minimum Gasteiger partial charge on any atom is -0.422 e. The number of hydrazine groups is 1. The Morgan fingerprint density at radius 2 is 1.50 bits per heavy atom. The molecule has 4 atom stereocenters. The van der Waals surface area contributed by atoms with Crippen molar-refractivity contribution in [3.05, 3.63) is 92.2 Å². The minimum absolute atomic E-state index is 0.0450. The molecule has 1 aromatic heterocycles. The van der Waals surface area contributed by atoms with Crippen LogP contribution in [0.1, 0.15) is 43.2 Å². The maximum absolute atomic E-state index is 13.7. The molecule has 14 heteroatoms. The quantitative estimate of drug-likeness (QED) is 0.0600. The average molecular weight is 719 g/mol. The molecule has 1 saturated heterocycles. The number of amides is 3. The van der Waals surface area contributed by atoms with Gasteiger partial charge in [0.2, 0.25) is 0 Å². The third kappa shape index (κ3) is 5.92. The van der Waals surface area contributed by atoms with Crippen molar-refractivity contribution < 1.29 is 33.6 Å². The lowest BCUT2D eigenvalue weighted by Gasteiger charge is -2.30. The second-order valence-electron chi connectivity index (χ2n) is 9.69. The number of thiophene rings is 1. The first-order chi connectivity index (χ1) is 20.0. The Morgan fingerprint density at radius 3 is 2.02 bits per heavy atom. The van der Waals surface area contributed by atoms with Gasteiger partial charge in [0.25, 0.3) is 23.4 Å². The summed E-state index contributed by atoms with van der Waals surface area (Å²) in [6.45, 7) is -0.656. The number of esters is 1. The summed E-state index contributed by atoms with van der Waals surface area (Å²) < 4.78 is 5.32.